The highest BCUT2D eigenvalue weighted by Crippen LogP contribution is 2.21. The molecule has 132 valence electrons. The van der Waals surface area contributed by atoms with Crippen LogP contribution in [0.4, 0.5) is 0 Å². The Morgan fingerprint density at radius 2 is 2.20 bits per heavy atom. The van der Waals surface area contributed by atoms with Gasteiger partial charge >= 0.3 is 0 Å². The van der Waals surface area contributed by atoms with Gasteiger partial charge in [-0.2, -0.15) is 5.10 Å². The average Bonchev–Trinajstić information content (AvgIpc) is 3.08. The van der Waals surface area contributed by atoms with Crippen molar-refractivity contribution in [3.63, 3.8) is 0 Å². The molecule has 3 aromatic rings. The third-order valence-electron chi connectivity index (χ3n) is 4.24. The van der Waals surface area contributed by atoms with Crippen LogP contribution in [0.15, 0.2) is 20.7 Å². The lowest BCUT2D eigenvalue weighted by Crippen LogP contribution is -2.24. The van der Waals surface area contributed by atoms with Crippen LogP contribution in [0.3, 0.4) is 0 Å². The van der Waals surface area contributed by atoms with Crippen molar-refractivity contribution >= 4 is 44.2 Å². The van der Waals surface area contributed by atoms with E-state index >= 15 is 0 Å². The van der Waals surface area contributed by atoms with Crippen molar-refractivity contribution in [3.05, 3.63) is 48.0 Å². The zero-order chi connectivity index (χ0) is 18.1. The van der Waals surface area contributed by atoms with Gasteiger partial charge in [0.2, 0.25) is 5.91 Å². The first-order chi connectivity index (χ1) is 11.9. The second kappa shape index (κ2) is 7.13. The van der Waals surface area contributed by atoms with Crippen molar-refractivity contribution in [2.24, 2.45) is 7.05 Å². The highest BCUT2D eigenvalue weighted by Gasteiger charge is 2.15. The summed E-state index contributed by atoms with van der Waals surface area (Å²) in [5, 5.41) is 10.2. The molecule has 0 saturated heterocycles. The summed E-state index contributed by atoms with van der Waals surface area (Å²) >= 11 is 4.99. The van der Waals surface area contributed by atoms with Crippen LogP contribution in [-0.2, 0) is 24.8 Å². The Balaban J connectivity index is 1.71. The largest absolute Gasteiger partial charge is 0.351 e. The Morgan fingerprint density at radius 1 is 1.44 bits per heavy atom. The first kappa shape index (κ1) is 17.9. The van der Waals surface area contributed by atoms with Gasteiger partial charge in [0.25, 0.3) is 5.56 Å². The maximum atomic E-state index is 12.4. The predicted octanol–water partition coefficient (Wildman–Crippen LogP) is 2.95. The van der Waals surface area contributed by atoms with E-state index in [1.165, 1.54) is 0 Å². The summed E-state index contributed by atoms with van der Waals surface area (Å²) in [7, 11) is 1.81. The molecule has 0 unspecified atom stereocenters. The molecule has 3 rings (SSSR count). The minimum absolute atomic E-state index is 0.0636. The van der Waals surface area contributed by atoms with E-state index in [0.29, 0.717) is 18.5 Å². The predicted molar refractivity (Wildman–Crippen MR) is 103 cm³/mol. The SMILES string of the molecule is Cc1nn(C)c2[nH]c(=O)c(CCC(=O)NCc3cc(Br)cs3)c(C)c12. The molecular weight excluding hydrogens is 404 g/mol. The van der Waals surface area contributed by atoms with Gasteiger partial charge < -0.3 is 10.3 Å². The molecule has 25 heavy (non-hydrogen) atoms. The number of H-pyrrole nitrogens is 1. The number of aromatic amines is 1. The molecule has 0 atom stereocenters. The number of fused-ring (bicyclic) bond motifs is 1. The minimum Gasteiger partial charge on any atom is -0.351 e. The van der Waals surface area contributed by atoms with Crippen LogP contribution in [0, 0.1) is 13.8 Å². The number of rotatable bonds is 5. The summed E-state index contributed by atoms with van der Waals surface area (Å²) in [5.74, 6) is -0.0636. The molecule has 0 spiro atoms. The molecule has 0 radical (unpaired) electrons. The number of amides is 1. The highest BCUT2D eigenvalue weighted by atomic mass is 79.9. The molecule has 2 N–H and O–H groups in total. The summed E-state index contributed by atoms with van der Waals surface area (Å²) in [4.78, 5) is 28.5. The van der Waals surface area contributed by atoms with E-state index in [1.807, 2.05) is 25.3 Å². The van der Waals surface area contributed by atoms with Crippen molar-refractivity contribution in [3.8, 4) is 0 Å². The van der Waals surface area contributed by atoms with E-state index in [9.17, 15) is 9.59 Å². The molecule has 0 saturated carbocycles. The van der Waals surface area contributed by atoms with Gasteiger partial charge in [-0.1, -0.05) is 0 Å². The molecule has 0 aliphatic rings. The molecule has 6 nitrogen and oxygen atoms in total. The molecule has 0 aliphatic carbocycles. The topological polar surface area (TPSA) is 79.8 Å². The lowest BCUT2D eigenvalue weighted by atomic mass is 10.0. The van der Waals surface area contributed by atoms with Crippen molar-refractivity contribution in [1.29, 1.82) is 0 Å². The number of carbonyl (C=O) groups is 1. The summed E-state index contributed by atoms with van der Waals surface area (Å²) in [6, 6.07) is 1.99. The molecule has 3 aromatic heterocycles. The molecule has 8 heteroatoms. The smallest absolute Gasteiger partial charge is 0.253 e. The Morgan fingerprint density at radius 3 is 2.88 bits per heavy atom. The molecular formula is C17H19BrN4O2S. The van der Waals surface area contributed by atoms with Crippen molar-refractivity contribution < 1.29 is 4.79 Å². The molecule has 0 aliphatic heterocycles. The molecule has 0 aromatic carbocycles. The molecule has 0 fully saturated rings. The maximum absolute atomic E-state index is 12.4. The van der Waals surface area contributed by atoms with Crippen molar-refractivity contribution in [1.82, 2.24) is 20.1 Å². The quantitative estimate of drug-likeness (QED) is 0.662. The Kier molecular flexibility index (Phi) is 5.10. The minimum atomic E-state index is -0.150. The monoisotopic (exact) mass is 422 g/mol. The van der Waals surface area contributed by atoms with Crippen molar-refractivity contribution in [2.75, 3.05) is 0 Å². The average molecular weight is 423 g/mol. The number of halogens is 1. The number of thiophene rings is 1. The van der Waals surface area contributed by atoms with Gasteiger partial charge in [-0.25, -0.2) is 0 Å². The first-order valence-corrected chi connectivity index (χ1v) is 9.58. The number of aryl methyl sites for hydroxylation is 3. The van der Waals surface area contributed by atoms with E-state index in [2.05, 4.69) is 31.3 Å². The molecule has 0 bridgehead atoms. The van der Waals surface area contributed by atoms with E-state index in [-0.39, 0.29) is 17.9 Å². The molecule has 1 amide bonds. The number of aromatic nitrogens is 3. The molecule has 3 heterocycles. The van der Waals surface area contributed by atoms with Gasteiger partial charge in [0.05, 0.1) is 12.2 Å². The fraction of sp³-hybridized carbons (Fsp3) is 0.353. The highest BCUT2D eigenvalue weighted by molar-refractivity contribution is 9.10. The van der Waals surface area contributed by atoms with Crippen LogP contribution in [0.5, 0.6) is 0 Å². The second-order valence-corrected chi connectivity index (χ2v) is 7.91. The normalized spacial score (nSPS) is 11.2. The Hall–Kier alpha value is -1.93. The third kappa shape index (κ3) is 3.69. The summed E-state index contributed by atoms with van der Waals surface area (Å²) in [5.41, 5.74) is 3.00. The summed E-state index contributed by atoms with van der Waals surface area (Å²) in [6.07, 6.45) is 0.687. The van der Waals surface area contributed by atoms with Gasteiger partial charge in [0.15, 0.2) is 0 Å². The van der Waals surface area contributed by atoms with Gasteiger partial charge in [-0.15, -0.1) is 11.3 Å². The standard InChI is InChI=1S/C17H19BrN4O2S/c1-9-13(17(24)20-16-15(9)10(2)21-22(16)3)4-5-14(23)19-7-12-6-11(18)8-25-12/h6,8H,4-5,7H2,1-3H3,(H,19,23)(H,20,24). The Labute approximate surface area is 157 Å². The maximum Gasteiger partial charge on any atom is 0.253 e. The zero-order valence-electron chi connectivity index (χ0n) is 14.3. The van der Waals surface area contributed by atoms with Gasteiger partial charge in [-0.3, -0.25) is 14.3 Å². The summed E-state index contributed by atoms with van der Waals surface area (Å²) < 4.78 is 2.69. The third-order valence-corrected chi connectivity index (χ3v) is 5.94. The number of hydrogen-bond acceptors (Lipinski definition) is 4. The van der Waals surface area contributed by atoms with E-state index in [0.717, 1.165) is 31.6 Å². The Bertz CT molecular complexity index is 1000. The van der Waals surface area contributed by atoms with Gasteiger partial charge in [0, 0.05) is 39.1 Å². The van der Waals surface area contributed by atoms with Crippen LogP contribution in [0.2, 0.25) is 0 Å². The number of hydrogen-bond donors (Lipinski definition) is 2. The van der Waals surface area contributed by atoms with Crippen molar-refractivity contribution in [2.45, 2.75) is 33.2 Å². The van der Waals surface area contributed by atoms with Crippen LogP contribution < -0.4 is 10.9 Å². The van der Waals surface area contributed by atoms with Crippen LogP contribution >= 0.6 is 27.3 Å². The lowest BCUT2D eigenvalue weighted by molar-refractivity contribution is -0.121. The number of nitrogens with zero attached hydrogens (tertiary/aromatic N) is 2. The number of carbonyl (C=O) groups excluding carboxylic acids is 1. The van der Waals surface area contributed by atoms with E-state index in [1.54, 1.807) is 23.1 Å². The second-order valence-electron chi connectivity index (χ2n) is 6.00. The van der Waals surface area contributed by atoms with Crippen LogP contribution in [-0.4, -0.2) is 20.7 Å². The fourth-order valence-electron chi connectivity index (χ4n) is 3.01. The van der Waals surface area contributed by atoms with Crippen LogP contribution in [0.1, 0.15) is 28.1 Å². The number of pyridine rings is 1. The fourth-order valence-corrected chi connectivity index (χ4v) is 4.41. The van der Waals surface area contributed by atoms with Gasteiger partial charge in [0.1, 0.15) is 5.65 Å². The van der Waals surface area contributed by atoms with E-state index < -0.39 is 0 Å². The van der Waals surface area contributed by atoms with E-state index in [4.69, 9.17) is 0 Å². The zero-order valence-corrected chi connectivity index (χ0v) is 16.7. The van der Waals surface area contributed by atoms with Gasteiger partial charge in [-0.05, 0) is 47.8 Å². The lowest BCUT2D eigenvalue weighted by Gasteiger charge is -2.08. The first-order valence-electron chi connectivity index (χ1n) is 7.91. The van der Waals surface area contributed by atoms with Crippen LogP contribution in [0.25, 0.3) is 11.0 Å². The summed E-state index contributed by atoms with van der Waals surface area (Å²) in [6.45, 7) is 4.34. The number of nitrogens with one attached hydrogen (secondary N) is 2.